The smallest absolute Gasteiger partial charge is 0.250 e. The Morgan fingerprint density at radius 1 is 1.53 bits per heavy atom. The van der Waals surface area contributed by atoms with Gasteiger partial charge in [-0.2, -0.15) is 0 Å². The molecule has 104 valence electrons. The lowest BCUT2D eigenvalue weighted by atomic mass is 10.2. The fraction of sp³-hybridized carbons (Fsp3) is 0.538. The lowest BCUT2D eigenvalue weighted by Crippen LogP contribution is -2.51. The molecule has 1 atom stereocenters. The number of carbonyl (C=O) groups excluding carboxylic acids is 1. The van der Waals surface area contributed by atoms with Gasteiger partial charge >= 0.3 is 0 Å². The normalized spacial score (nSPS) is 19.5. The maximum Gasteiger partial charge on any atom is 0.250 e. The summed E-state index contributed by atoms with van der Waals surface area (Å²) < 4.78 is 2.41. The van der Waals surface area contributed by atoms with Crippen molar-refractivity contribution in [3.05, 3.63) is 33.2 Å². The van der Waals surface area contributed by atoms with Crippen LogP contribution < -0.4 is 10.9 Å². The second-order valence-electron chi connectivity index (χ2n) is 4.82. The van der Waals surface area contributed by atoms with Crippen LogP contribution in [0.1, 0.15) is 13.3 Å². The predicted octanol–water partition coefficient (Wildman–Crippen LogP) is 0.821. The van der Waals surface area contributed by atoms with Gasteiger partial charge in [0.2, 0.25) is 5.91 Å². The van der Waals surface area contributed by atoms with E-state index in [2.05, 4.69) is 28.2 Å². The Morgan fingerprint density at radius 2 is 2.32 bits per heavy atom. The van der Waals surface area contributed by atoms with E-state index in [1.54, 1.807) is 16.8 Å². The molecular weight excluding hydrogens is 310 g/mol. The fourth-order valence-corrected chi connectivity index (χ4v) is 2.59. The summed E-state index contributed by atoms with van der Waals surface area (Å²) in [5.41, 5.74) is -0.0790. The maximum atomic E-state index is 12.1. The van der Waals surface area contributed by atoms with Crippen molar-refractivity contribution in [1.82, 2.24) is 14.8 Å². The summed E-state index contributed by atoms with van der Waals surface area (Å²) in [7, 11) is 0. The molecule has 1 aliphatic rings. The second kappa shape index (κ2) is 6.34. The van der Waals surface area contributed by atoms with Crippen molar-refractivity contribution in [3.63, 3.8) is 0 Å². The van der Waals surface area contributed by atoms with Gasteiger partial charge in [0.15, 0.2) is 0 Å². The zero-order valence-electron chi connectivity index (χ0n) is 10.9. The molecule has 19 heavy (non-hydrogen) atoms. The number of halogens is 1. The highest BCUT2D eigenvalue weighted by Crippen LogP contribution is 2.06. The summed E-state index contributed by atoms with van der Waals surface area (Å²) in [6.07, 6.45) is 2.08. The van der Waals surface area contributed by atoms with Gasteiger partial charge in [-0.05, 0) is 28.9 Å². The van der Waals surface area contributed by atoms with Gasteiger partial charge in [0.05, 0.1) is 0 Å². The molecule has 1 aromatic heterocycles. The maximum absolute atomic E-state index is 12.1. The predicted molar refractivity (Wildman–Crippen MR) is 77.1 cm³/mol. The highest BCUT2D eigenvalue weighted by Gasteiger charge is 2.19. The molecule has 6 heteroatoms. The first-order chi connectivity index (χ1) is 9.06. The lowest BCUT2D eigenvalue weighted by Gasteiger charge is -2.32. The molecule has 2 rings (SSSR count). The van der Waals surface area contributed by atoms with E-state index in [4.69, 9.17) is 0 Å². The average Bonchev–Trinajstić information content (AvgIpc) is 2.39. The van der Waals surface area contributed by atoms with E-state index in [1.807, 2.05) is 4.90 Å². The Morgan fingerprint density at radius 3 is 3.05 bits per heavy atom. The van der Waals surface area contributed by atoms with Crippen molar-refractivity contribution >= 4 is 21.8 Å². The zero-order chi connectivity index (χ0) is 13.8. The standard InChI is InChI=1S/C13H18BrN3O2/c1-10-8-17(7-5-15-10)13(19)4-6-16-9-11(14)2-3-12(16)18/h2-3,9-10,15H,4-8H2,1H3/t10-/m0/s1. The summed E-state index contributed by atoms with van der Waals surface area (Å²) in [5, 5.41) is 3.30. The van der Waals surface area contributed by atoms with E-state index in [0.29, 0.717) is 19.0 Å². The molecule has 5 nitrogen and oxygen atoms in total. The van der Waals surface area contributed by atoms with E-state index in [1.165, 1.54) is 6.07 Å². The van der Waals surface area contributed by atoms with Crippen LogP contribution in [0.3, 0.4) is 0 Å². The summed E-state index contributed by atoms with van der Waals surface area (Å²) >= 11 is 3.32. The van der Waals surface area contributed by atoms with Gasteiger partial charge < -0.3 is 14.8 Å². The quantitative estimate of drug-likeness (QED) is 0.894. The Balaban J connectivity index is 1.93. The van der Waals surface area contributed by atoms with E-state index < -0.39 is 0 Å². The van der Waals surface area contributed by atoms with Crippen molar-refractivity contribution in [2.45, 2.75) is 25.9 Å². The highest BCUT2D eigenvalue weighted by molar-refractivity contribution is 9.10. The van der Waals surface area contributed by atoms with Crippen molar-refractivity contribution in [2.75, 3.05) is 19.6 Å². The molecule has 0 unspecified atom stereocenters. The van der Waals surface area contributed by atoms with Crippen LogP contribution in [0.15, 0.2) is 27.6 Å². The van der Waals surface area contributed by atoms with Crippen molar-refractivity contribution in [1.29, 1.82) is 0 Å². The van der Waals surface area contributed by atoms with E-state index in [9.17, 15) is 9.59 Å². The molecule has 1 aromatic rings. The Hall–Kier alpha value is -1.14. The van der Waals surface area contributed by atoms with Crippen LogP contribution in [0.2, 0.25) is 0 Å². The third kappa shape index (κ3) is 3.91. The fourth-order valence-electron chi connectivity index (χ4n) is 2.21. The van der Waals surface area contributed by atoms with Crippen LogP contribution in [0.4, 0.5) is 0 Å². The number of nitrogens with one attached hydrogen (secondary N) is 1. The number of pyridine rings is 1. The van der Waals surface area contributed by atoms with Gasteiger partial charge in [-0.15, -0.1) is 0 Å². The van der Waals surface area contributed by atoms with Gasteiger partial charge in [-0.1, -0.05) is 0 Å². The van der Waals surface area contributed by atoms with E-state index >= 15 is 0 Å². The number of nitrogens with zero attached hydrogens (tertiary/aromatic N) is 2. The Bertz CT molecular complexity index is 515. The molecule has 1 N–H and O–H groups in total. The minimum atomic E-state index is -0.0790. The monoisotopic (exact) mass is 327 g/mol. The Kier molecular flexibility index (Phi) is 4.76. The van der Waals surface area contributed by atoms with E-state index in [-0.39, 0.29) is 11.5 Å². The van der Waals surface area contributed by atoms with Gasteiger partial charge in [0.1, 0.15) is 0 Å². The molecule has 0 radical (unpaired) electrons. The Labute approximate surface area is 120 Å². The molecule has 0 spiro atoms. The number of amides is 1. The number of aryl methyl sites for hydroxylation is 1. The molecule has 0 aromatic carbocycles. The molecule has 0 aliphatic carbocycles. The molecule has 1 aliphatic heterocycles. The first kappa shape index (κ1) is 14.3. The van der Waals surface area contributed by atoms with Crippen molar-refractivity contribution in [3.8, 4) is 0 Å². The SMILES string of the molecule is C[C@H]1CN(C(=O)CCn2cc(Br)ccc2=O)CCN1. The molecular formula is C13H18BrN3O2. The first-order valence-corrected chi connectivity index (χ1v) is 7.23. The molecule has 0 saturated carbocycles. The summed E-state index contributed by atoms with van der Waals surface area (Å²) in [4.78, 5) is 25.6. The van der Waals surface area contributed by atoms with Crippen LogP contribution in [0, 0.1) is 0 Å². The van der Waals surface area contributed by atoms with Crippen LogP contribution in [-0.2, 0) is 11.3 Å². The number of rotatable bonds is 3. The van der Waals surface area contributed by atoms with Gasteiger partial charge in [0, 0.05) is 55.4 Å². The van der Waals surface area contributed by atoms with E-state index in [0.717, 1.165) is 24.1 Å². The number of hydrogen-bond acceptors (Lipinski definition) is 3. The van der Waals surface area contributed by atoms with Gasteiger partial charge in [0.25, 0.3) is 5.56 Å². The first-order valence-electron chi connectivity index (χ1n) is 6.43. The minimum absolute atomic E-state index is 0.0790. The highest BCUT2D eigenvalue weighted by atomic mass is 79.9. The van der Waals surface area contributed by atoms with Crippen molar-refractivity contribution in [2.24, 2.45) is 0 Å². The van der Waals surface area contributed by atoms with Gasteiger partial charge in [-0.3, -0.25) is 9.59 Å². The average molecular weight is 328 g/mol. The number of carbonyl (C=O) groups is 1. The van der Waals surface area contributed by atoms with Crippen LogP contribution in [-0.4, -0.2) is 41.1 Å². The van der Waals surface area contributed by atoms with Gasteiger partial charge in [-0.25, -0.2) is 0 Å². The third-order valence-corrected chi connectivity index (χ3v) is 3.70. The summed E-state index contributed by atoms with van der Waals surface area (Å²) in [6, 6.07) is 3.55. The van der Waals surface area contributed by atoms with Crippen LogP contribution >= 0.6 is 15.9 Å². The van der Waals surface area contributed by atoms with Crippen molar-refractivity contribution < 1.29 is 4.79 Å². The number of piperazine rings is 1. The summed E-state index contributed by atoms with van der Waals surface area (Å²) in [5.74, 6) is 0.111. The largest absolute Gasteiger partial charge is 0.340 e. The second-order valence-corrected chi connectivity index (χ2v) is 5.74. The molecule has 2 heterocycles. The minimum Gasteiger partial charge on any atom is -0.340 e. The molecule has 1 amide bonds. The van der Waals surface area contributed by atoms with Crippen LogP contribution in [0.25, 0.3) is 0 Å². The molecule has 1 saturated heterocycles. The van der Waals surface area contributed by atoms with Crippen LogP contribution in [0.5, 0.6) is 0 Å². The topological polar surface area (TPSA) is 54.3 Å². The molecule has 1 fully saturated rings. The lowest BCUT2D eigenvalue weighted by molar-refractivity contribution is -0.132. The zero-order valence-corrected chi connectivity index (χ0v) is 12.5. The number of aromatic nitrogens is 1. The number of hydrogen-bond donors (Lipinski definition) is 1. The third-order valence-electron chi connectivity index (χ3n) is 3.24. The molecule has 0 bridgehead atoms. The summed E-state index contributed by atoms with van der Waals surface area (Å²) in [6.45, 7) is 4.82.